The van der Waals surface area contributed by atoms with Crippen molar-refractivity contribution >= 4 is 0 Å². The highest BCUT2D eigenvalue weighted by molar-refractivity contribution is 5.22. The van der Waals surface area contributed by atoms with Crippen LogP contribution in [0.15, 0.2) is 30.6 Å². The van der Waals surface area contributed by atoms with Crippen LogP contribution < -0.4 is 11.3 Å². The topological polar surface area (TPSA) is 68.8 Å². The van der Waals surface area contributed by atoms with Crippen LogP contribution in [0.25, 0.3) is 0 Å². The fraction of sp³-hybridized carbons (Fsp3) is 0.467. The Hall–Kier alpha value is -1.72. The van der Waals surface area contributed by atoms with Crippen LogP contribution in [-0.4, -0.2) is 20.8 Å². The van der Waals surface area contributed by atoms with E-state index in [0.29, 0.717) is 0 Å². The van der Waals surface area contributed by atoms with Gasteiger partial charge in [-0.15, -0.1) is 0 Å². The Morgan fingerprint density at radius 3 is 2.65 bits per heavy atom. The number of aromatic nitrogens is 3. The zero-order valence-corrected chi connectivity index (χ0v) is 12.2. The van der Waals surface area contributed by atoms with Gasteiger partial charge in [0.25, 0.3) is 0 Å². The van der Waals surface area contributed by atoms with E-state index < -0.39 is 0 Å². The predicted molar refractivity (Wildman–Crippen MR) is 80.0 cm³/mol. The van der Waals surface area contributed by atoms with Crippen LogP contribution in [0.5, 0.6) is 0 Å². The van der Waals surface area contributed by atoms with Crippen LogP contribution in [0.1, 0.15) is 30.3 Å². The first kappa shape index (κ1) is 14.7. The van der Waals surface area contributed by atoms with E-state index in [9.17, 15) is 0 Å². The molecule has 0 fully saturated rings. The zero-order valence-electron chi connectivity index (χ0n) is 12.2. The van der Waals surface area contributed by atoms with Gasteiger partial charge >= 0.3 is 0 Å². The molecule has 1 aromatic heterocycles. The van der Waals surface area contributed by atoms with E-state index in [1.54, 1.807) is 6.33 Å². The Morgan fingerprint density at radius 2 is 2.00 bits per heavy atom. The highest BCUT2D eigenvalue weighted by atomic mass is 15.3. The molecule has 0 saturated carbocycles. The van der Waals surface area contributed by atoms with E-state index in [2.05, 4.69) is 53.6 Å². The molecule has 1 heterocycles. The lowest BCUT2D eigenvalue weighted by atomic mass is 10.0. The van der Waals surface area contributed by atoms with E-state index in [1.165, 1.54) is 11.1 Å². The summed E-state index contributed by atoms with van der Waals surface area (Å²) in [7, 11) is 0. The Bertz CT molecular complexity index is 517. The van der Waals surface area contributed by atoms with Gasteiger partial charge in [0.15, 0.2) is 0 Å². The van der Waals surface area contributed by atoms with Crippen LogP contribution in [0.4, 0.5) is 0 Å². The third-order valence-electron chi connectivity index (χ3n) is 3.40. The molecule has 1 unspecified atom stereocenters. The summed E-state index contributed by atoms with van der Waals surface area (Å²) in [4.78, 5) is 4.33. The van der Waals surface area contributed by atoms with E-state index in [0.717, 1.165) is 31.6 Å². The second-order valence-corrected chi connectivity index (χ2v) is 5.16. The maximum absolute atomic E-state index is 5.68. The molecular formula is C15H23N5. The van der Waals surface area contributed by atoms with E-state index >= 15 is 0 Å². The quantitative estimate of drug-likeness (QED) is 0.594. The van der Waals surface area contributed by atoms with Gasteiger partial charge in [-0.25, -0.2) is 4.98 Å². The van der Waals surface area contributed by atoms with Crippen molar-refractivity contribution in [1.82, 2.24) is 20.2 Å². The molecule has 0 saturated heterocycles. The number of nitrogens with zero attached hydrogens (tertiary/aromatic N) is 3. The molecule has 5 nitrogen and oxygen atoms in total. The number of benzene rings is 1. The second-order valence-electron chi connectivity index (χ2n) is 5.16. The van der Waals surface area contributed by atoms with Gasteiger partial charge in [-0.3, -0.25) is 16.0 Å². The summed E-state index contributed by atoms with van der Waals surface area (Å²) >= 11 is 0. The molecule has 2 aromatic rings. The Balaban J connectivity index is 2.01. The molecule has 20 heavy (non-hydrogen) atoms. The van der Waals surface area contributed by atoms with E-state index in [4.69, 9.17) is 5.84 Å². The van der Waals surface area contributed by atoms with Gasteiger partial charge in [0.2, 0.25) is 0 Å². The lowest BCUT2D eigenvalue weighted by Crippen LogP contribution is -2.39. The summed E-state index contributed by atoms with van der Waals surface area (Å²) in [6.07, 6.45) is 4.33. The van der Waals surface area contributed by atoms with E-state index in [-0.39, 0.29) is 6.04 Å². The minimum atomic E-state index is 0.164. The standard InChI is InChI=1S/C15H23N5/c1-3-8-20-15(17-11-18-20)10-14(19-16)9-13-6-4-12(2)5-7-13/h4-7,11,14,19H,3,8-10,16H2,1-2H3. The summed E-state index contributed by atoms with van der Waals surface area (Å²) in [6, 6.07) is 8.72. The Kier molecular flexibility index (Phi) is 5.26. The molecular weight excluding hydrogens is 250 g/mol. The lowest BCUT2D eigenvalue weighted by molar-refractivity contribution is 0.482. The van der Waals surface area contributed by atoms with Gasteiger partial charge in [-0.1, -0.05) is 36.8 Å². The maximum Gasteiger partial charge on any atom is 0.138 e. The molecule has 0 aliphatic carbocycles. The first-order chi connectivity index (χ1) is 9.72. The van der Waals surface area contributed by atoms with Crippen molar-refractivity contribution in [3.8, 4) is 0 Å². The molecule has 0 spiro atoms. The van der Waals surface area contributed by atoms with Crippen molar-refractivity contribution in [3.05, 3.63) is 47.5 Å². The van der Waals surface area contributed by atoms with Crippen molar-refractivity contribution in [1.29, 1.82) is 0 Å². The third kappa shape index (κ3) is 3.88. The summed E-state index contributed by atoms with van der Waals surface area (Å²) in [5, 5.41) is 4.25. The number of hydrogen-bond acceptors (Lipinski definition) is 4. The van der Waals surface area contributed by atoms with Gasteiger partial charge in [0.05, 0.1) is 0 Å². The fourth-order valence-corrected chi connectivity index (χ4v) is 2.26. The van der Waals surface area contributed by atoms with Crippen LogP contribution in [0, 0.1) is 6.92 Å². The first-order valence-corrected chi connectivity index (χ1v) is 7.11. The third-order valence-corrected chi connectivity index (χ3v) is 3.40. The fourth-order valence-electron chi connectivity index (χ4n) is 2.26. The van der Waals surface area contributed by atoms with Crippen molar-refractivity contribution in [2.45, 2.75) is 45.7 Å². The summed E-state index contributed by atoms with van der Waals surface area (Å²) in [5.41, 5.74) is 5.44. The Labute approximate surface area is 120 Å². The number of rotatable bonds is 7. The predicted octanol–water partition coefficient (Wildman–Crippen LogP) is 1.61. The van der Waals surface area contributed by atoms with Crippen LogP contribution in [0.2, 0.25) is 0 Å². The minimum Gasteiger partial charge on any atom is -0.271 e. The summed E-state index contributed by atoms with van der Waals surface area (Å²) in [5.74, 6) is 6.67. The SMILES string of the molecule is CCCn1ncnc1CC(Cc1ccc(C)cc1)NN. The average Bonchev–Trinajstić information content (AvgIpc) is 2.88. The van der Waals surface area contributed by atoms with Gasteiger partial charge < -0.3 is 0 Å². The zero-order chi connectivity index (χ0) is 14.4. The number of nitrogens with two attached hydrogens (primary N) is 1. The molecule has 1 aromatic carbocycles. The van der Waals surface area contributed by atoms with Gasteiger partial charge in [0, 0.05) is 19.0 Å². The minimum absolute atomic E-state index is 0.164. The summed E-state index contributed by atoms with van der Waals surface area (Å²) in [6.45, 7) is 5.13. The molecule has 0 amide bonds. The van der Waals surface area contributed by atoms with Gasteiger partial charge in [0.1, 0.15) is 12.2 Å². The van der Waals surface area contributed by atoms with Gasteiger partial charge in [-0.05, 0) is 25.3 Å². The van der Waals surface area contributed by atoms with Crippen LogP contribution >= 0.6 is 0 Å². The van der Waals surface area contributed by atoms with Crippen LogP contribution in [-0.2, 0) is 19.4 Å². The normalized spacial score (nSPS) is 12.6. The highest BCUT2D eigenvalue weighted by Crippen LogP contribution is 2.09. The number of nitrogens with one attached hydrogen (secondary N) is 1. The van der Waals surface area contributed by atoms with Crippen molar-refractivity contribution < 1.29 is 0 Å². The van der Waals surface area contributed by atoms with Crippen molar-refractivity contribution in [3.63, 3.8) is 0 Å². The van der Waals surface area contributed by atoms with Crippen molar-refractivity contribution in [2.75, 3.05) is 0 Å². The van der Waals surface area contributed by atoms with Crippen molar-refractivity contribution in [2.24, 2.45) is 5.84 Å². The molecule has 0 bridgehead atoms. The molecule has 2 rings (SSSR count). The molecule has 0 radical (unpaired) electrons. The summed E-state index contributed by atoms with van der Waals surface area (Å²) < 4.78 is 1.96. The molecule has 3 N–H and O–H groups in total. The first-order valence-electron chi connectivity index (χ1n) is 7.11. The molecule has 0 aliphatic heterocycles. The average molecular weight is 273 g/mol. The monoisotopic (exact) mass is 273 g/mol. The molecule has 5 heteroatoms. The van der Waals surface area contributed by atoms with Crippen LogP contribution in [0.3, 0.4) is 0 Å². The lowest BCUT2D eigenvalue weighted by Gasteiger charge is -2.16. The van der Waals surface area contributed by atoms with E-state index in [1.807, 2.05) is 4.68 Å². The number of aryl methyl sites for hydroxylation is 2. The Morgan fingerprint density at radius 1 is 1.25 bits per heavy atom. The maximum atomic E-state index is 5.68. The second kappa shape index (κ2) is 7.17. The molecule has 108 valence electrons. The molecule has 0 aliphatic rings. The van der Waals surface area contributed by atoms with Gasteiger partial charge in [-0.2, -0.15) is 5.10 Å². The number of hydrogen-bond donors (Lipinski definition) is 2. The highest BCUT2D eigenvalue weighted by Gasteiger charge is 2.13. The number of hydrazine groups is 1. The largest absolute Gasteiger partial charge is 0.271 e. The smallest absolute Gasteiger partial charge is 0.138 e. The molecule has 1 atom stereocenters.